The van der Waals surface area contributed by atoms with Gasteiger partial charge in [-0.15, -0.1) is 0 Å². The van der Waals surface area contributed by atoms with Crippen LogP contribution in [-0.2, 0) is 24.2 Å². The first kappa shape index (κ1) is 16.4. The molecule has 25 heavy (non-hydrogen) atoms. The van der Waals surface area contributed by atoms with E-state index in [-0.39, 0.29) is 11.9 Å². The molecule has 0 radical (unpaired) electrons. The van der Waals surface area contributed by atoms with Gasteiger partial charge in [0.2, 0.25) is 5.91 Å². The highest BCUT2D eigenvalue weighted by Gasteiger charge is 2.31. The molecule has 134 valence electrons. The van der Waals surface area contributed by atoms with Crippen molar-refractivity contribution in [2.75, 3.05) is 26.2 Å². The van der Waals surface area contributed by atoms with Gasteiger partial charge in [-0.05, 0) is 48.8 Å². The van der Waals surface area contributed by atoms with Crippen LogP contribution in [0.15, 0.2) is 18.2 Å². The highest BCUT2D eigenvalue weighted by molar-refractivity contribution is 5.80. The number of nitrogens with one attached hydrogen (secondary N) is 1. The summed E-state index contributed by atoms with van der Waals surface area (Å²) in [6.45, 7) is 3.18. The van der Waals surface area contributed by atoms with Gasteiger partial charge in [-0.1, -0.05) is 24.6 Å². The van der Waals surface area contributed by atoms with Gasteiger partial charge in [-0.2, -0.15) is 0 Å². The van der Waals surface area contributed by atoms with E-state index in [2.05, 4.69) is 23.5 Å². The molecule has 0 aromatic heterocycles. The zero-order chi connectivity index (χ0) is 17.2. The van der Waals surface area contributed by atoms with Gasteiger partial charge in [-0.25, -0.2) is 4.79 Å². The van der Waals surface area contributed by atoms with Crippen LogP contribution in [0.3, 0.4) is 0 Å². The van der Waals surface area contributed by atoms with Crippen molar-refractivity contribution in [2.24, 2.45) is 5.92 Å². The van der Waals surface area contributed by atoms with Gasteiger partial charge < -0.3 is 15.1 Å². The van der Waals surface area contributed by atoms with Crippen LogP contribution in [0.5, 0.6) is 0 Å². The van der Waals surface area contributed by atoms with Crippen LogP contribution < -0.4 is 5.32 Å². The van der Waals surface area contributed by atoms with E-state index in [1.165, 1.54) is 36.0 Å². The van der Waals surface area contributed by atoms with Crippen LogP contribution in [0, 0.1) is 5.92 Å². The number of nitrogens with zero attached hydrogens (tertiary/aromatic N) is 2. The second-order valence-electron chi connectivity index (χ2n) is 7.56. The number of piperazine rings is 1. The van der Waals surface area contributed by atoms with Crippen molar-refractivity contribution in [1.29, 1.82) is 0 Å². The summed E-state index contributed by atoms with van der Waals surface area (Å²) in [5.41, 5.74) is 4.07. The summed E-state index contributed by atoms with van der Waals surface area (Å²) in [7, 11) is 0. The number of aryl methyl sites for hydroxylation is 2. The number of carbonyl (C=O) groups is 2. The molecular formula is C20H27N3O2. The first-order valence-corrected chi connectivity index (χ1v) is 9.63. The minimum Gasteiger partial charge on any atom is -0.339 e. The number of hydrogen-bond acceptors (Lipinski definition) is 2. The van der Waals surface area contributed by atoms with E-state index >= 15 is 0 Å². The fourth-order valence-corrected chi connectivity index (χ4v) is 4.07. The Balaban J connectivity index is 1.24. The third-order valence-corrected chi connectivity index (χ3v) is 5.94. The predicted molar refractivity (Wildman–Crippen MR) is 96.2 cm³/mol. The number of fused-ring (bicyclic) bond motifs is 1. The first-order chi connectivity index (χ1) is 12.2. The Hall–Kier alpha value is -2.04. The molecule has 0 unspecified atom stereocenters. The Morgan fingerprint density at radius 1 is 0.960 bits per heavy atom. The molecule has 1 N–H and O–H groups in total. The van der Waals surface area contributed by atoms with Crippen LogP contribution in [0.2, 0.25) is 0 Å². The van der Waals surface area contributed by atoms with Crippen molar-refractivity contribution in [3.63, 3.8) is 0 Å². The number of hydrogen-bond donors (Lipinski definition) is 1. The van der Waals surface area contributed by atoms with Crippen molar-refractivity contribution >= 4 is 11.9 Å². The molecule has 1 aliphatic heterocycles. The van der Waals surface area contributed by atoms with Crippen molar-refractivity contribution in [3.05, 3.63) is 34.9 Å². The molecule has 1 aromatic carbocycles. The highest BCUT2D eigenvalue weighted by atomic mass is 16.2. The van der Waals surface area contributed by atoms with Crippen molar-refractivity contribution in [3.8, 4) is 0 Å². The summed E-state index contributed by atoms with van der Waals surface area (Å²) >= 11 is 0. The van der Waals surface area contributed by atoms with Gasteiger partial charge in [0.05, 0.1) is 0 Å². The minimum absolute atomic E-state index is 0.0174. The highest BCUT2D eigenvalue weighted by Crippen LogP contribution is 2.28. The van der Waals surface area contributed by atoms with Gasteiger partial charge in [0, 0.05) is 38.6 Å². The van der Waals surface area contributed by atoms with Crippen molar-refractivity contribution < 1.29 is 9.59 Å². The average Bonchev–Trinajstić information content (AvgIpc) is 3.06. The van der Waals surface area contributed by atoms with Crippen LogP contribution in [0.4, 0.5) is 4.79 Å². The summed E-state index contributed by atoms with van der Waals surface area (Å²) in [6, 6.07) is 6.54. The largest absolute Gasteiger partial charge is 0.339 e. The second-order valence-corrected chi connectivity index (χ2v) is 7.56. The topological polar surface area (TPSA) is 52.7 Å². The van der Waals surface area contributed by atoms with Gasteiger partial charge in [0.25, 0.3) is 0 Å². The molecule has 1 heterocycles. The lowest BCUT2D eigenvalue weighted by atomic mass is 9.84. The van der Waals surface area contributed by atoms with E-state index in [1.807, 2.05) is 9.80 Å². The molecule has 3 amide bonds. The Morgan fingerprint density at radius 3 is 2.40 bits per heavy atom. The number of rotatable bonds is 3. The molecule has 5 nitrogen and oxygen atoms in total. The Morgan fingerprint density at radius 2 is 1.68 bits per heavy atom. The molecule has 1 saturated heterocycles. The van der Waals surface area contributed by atoms with E-state index in [0.717, 1.165) is 19.3 Å². The molecule has 2 aliphatic carbocycles. The van der Waals surface area contributed by atoms with Gasteiger partial charge in [-0.3, -0.25) is 4.79 Å². The number of urea groups is 1. The van der Waals surface area contributed by atoms with Crippen LogP contribution in [0.25, 0.3) is 0 Å². The zero-order valence-electron chi connectivity index (χ0n) is 14.8. The summed E-state index contributed by atoms with van der Waals surface area (Å²) in [5, 5.41) is 3.03. The minimum atomic E-state index is -0.0174. The van der Waals surface area contributed by atoms with E-state index in [9.17, 15) is 9.59 Å². The molecule has 5 heteroatoms. The molecule has 3 aliphatic rings. The maximum atomic E-state index is 12.4. The SMILES string of the molecule is O=C(NCc1ccc2c(c1)CCC2)N1CCN(C(=O)C2CCC2)CC1. The Bertz CT molecular complexity index is 661. The summed E-state index contributed by atoms with van der Waals surface area (Å²) < 4.78 is 0. The van der Waals surface area contributed by atoms with E-state index in [0.29, 0.717) is 38.6 Å². The fraction of sp³-hybridized carbons (Fsp3) is 0.600. The lowest BCUT2D eigenvalue weighted by Gasteiger charge is -2.38. The monoisotopic (exact) mass is 341 g/mol. The third kappa shape index (κ3) is 3.51. The van der Waals surface area contributed by atoms with Crippen LogP contribution >= 0.6 is 0 Å². The summed E-state index contributed by atoms with van der Waals surface area (Å²) in [6.07, 6.45) is 6.86. The third-order valence-electron chi connectivity index (χ3n) is 5.94. The maximum absolute atomic E-state index is 12.4. The maximum Gasteiger partial charge on any atom is 0.317 e. The molecule has 0 spiro atoms. The number of carbonyl (C=O) groups excluding carboxylic acids is 2. The molecule has 4 rings (SSSR count). The smallest absolute Gasteiger partial charge is 0.317 e. The molecule has 1 aromatic rings. The van der Waals surface area contributed by atoms with Crippen molar-refractivity contribution in [1.82, 2.24) is 15.1 Å². The van der Waals surface area contributed by atoms with E-state index in [4.69, 9.17) is 0 Å². The van der Waals surface area contributed by atoms with Gasteiger partial charge in [0.15, 0.2) is 0 Å². The lowest BCUT2D eigenvalue weighted by Crippen LogP contribution is -2.54. The van der Waals surface area contributed by atoms with Crippen LogP contribution in [0.1, 0.15) is 42.4 Å². The Kier molecular flexibility index (Phi) is 4.64. The summed E-state index contributed by atoms with van der Waals surface area (Å²) in [5.74, 6) is 0.546. The number of benzene rings is 1. The van der Waals surface area contributed by atoms with E-state index < -0.39 is 0 Å². The molecular weight excluding hydrogens is 314 g/mol. The molecule has 2 fully saturated rings. The Labute approximate surface area is 149 Å². The fourth-order valence-electron chi connectivity index (χ4n) is 4.07. The molecule has 1 saturated carbocycles. The van der Waals surface area contributed by atoms with Crippen LogP contribution in [-0.4, -0.2) is 47.9 Å². The van der Waals surface area contributed by atoms with Crippen molar-refractivity contribution in [2.45, 2.75) is 45.1 Å². The molecule has 0 atom stereocenters. The van der Waals surface area contributed by atoms with E-state index in [1.54, 1.807) is 0 Å². The molecule has 0 bridgehead atoms. The second kappa shape index (κ2) is 7.06. The zero-order valence-corrected chi connectivity index (χ0v) is 14.8. The van der Waals surface area contributed by atoms with Gasteiger partial charge in [0.1, 0.15) is 0 Å². The standard InChI is InChI=1S/C20H27N3O2/c24-19(17-4-2-5-17)22-9-11-23(12-10-22)20(25)21-14-15-7-8-16-3-1-6-18(16)13-15/h7-8,13,17H,1-6,9-12,14H2,(H,21,25). The van der Waals surface area contributed by atoms with Gasteiger partial charge >= 0.3 is 6.03 Å². The summed E-state index contributed by atoms with van der Waals surface area (Å²) in [4.78, 5) is 28.4. The predicted octanol–water partition coefficient (Wildman–Crippen LogP) is 2.33. The average molecular weight is 341 g/mol. The lowest BCUT2D eigenvalue weighted by molar-refractivity contribution is -0.139. The first-order valence-electron chi connectivity index (χ1n) is 9.63. The normalized spacial score (nSPS) is 20.2. The quantitative estimate of drug-likeness (QED) is 0.917. The number of amides is 3.